The Labute approximate surface area is 290 Å². The molecule has 6 aliphatic rings. The monoisotopic (exact) mass is 664 g/mol. The fourth-order valence-corrected chi connectivity index (χ4v) is 9.50. The Hall–Kier alpha value is -3.50. The number of hydrogen-bond acceptors (Lipinski definition) is 7. The van der Waals surface area contributed by atoms with E-state index in [1.165, 1.54) is 45.2 Å². The second kappa shape index (κ2) is 12.4. The van der Waals surface area contributed by atoms with Crippen LogP contribution in [-0.4, -0.2) is 93.5 Å². The average Bonchev–Trinajstić information content (AvgIpc) is 3.77. The molecular weight excluding hydrogens is 612 g/mol. The molecule has 0 radical (unpaired) electrons. The molecule has 0 unspecified atom stereocenters. The van der Waals surface area contributed by atoms with Gasteiger partial charge < -0.3 is 29.9 Å². The first kappa shape index (κ1) is 31.5. The van der Waals surface area contributed by atoms with Crippen LogP contribution in [0.15, 0.2) is 30.6 Å². The number of benzene rings is 1. The number of pyridine rings is 1. The number of hydrogen-bond donors (Lipinski definition) is 2. The molecule has 2 amide bonds. The van der Waals surface area contributed by atoms with Gasteiger partial charge in [-0.25, -0.2) is 9.97 Å². The molecule has 1 aromatic carbocycles. The van der Waals surface area contributed by atoms with Crippen LogP contribution in [0.5, 0.6) is 0 Å². The molecule has 2 N–H and O–H groups in total. The van der Waals surface area contributed by atoms with Crippen molar-refractivity contribution >= 4 is 34.4 Å². The zero-order valence-corrected chi connectivity index (χ0v) is 29.3. The summed E-state index contributed by atoms with van der Waals surface area (Å²) in [4.78, 5) is 45.3. The summed E-state index contributed by atoms with van der Waals surface area (Å²) in [5.74, 6) is 1.48. The molecule has 10 nitrogen and oxygen atoms in total. The van der Waals surface area contributed by atoms with Gasteiger partial charge in [0.2, 0.25) is 11.8 Å². The zero-order valence-electron chi connectivity index (χ0n) is 29.3. The number of fused-ring (bicyclic) bond motifs is 3. The number of anilines is 2. The Kier molecular flexibility index (Phi) is 7.95. The van der Waals surface area contributed by atoms with E-state index in [0.29, 0.717) is 38.0 Å². The second-order valence-corrected chi connectivity index (χ2v) is 16.1. The lowest BCUT2D eigenvalue weighted by Crippen LogP contribution is -2.58. The van der Waals surface area contributed by atoms with Crippen molar-refractivity contribution in [3.05, 3.63) is 36.2 Å². The lowest BCUT2D eigenvalue weighted by Gasteiger charge is -2.48. The van der Waals surface area contributed by atoms with Crippen LogP contribution in [0.3, 0.4) is 0 Å². The number of likely N-dealkylation sites (tertiary alicyclic amines) is 2. The van der Waals surface area contributed by atoms with Crippen molar-refractivity contribution in [3.8, 4) is 11.3 Å². The first-order valence-electron chi connectivity index (χ1n) is 19.3. The Morgan fingerprint density at radius 1 is 0.980 bits per heavy atom. The molecule has 2 saturated carbocycles. The van der Waals surface area contributed by atoms with Gasteiger partial charge in [0.1, 0.15) is 5.52 Å². The van der Waals surface area contributed by atoms with Gasteiger partial charge in [-0.1, -0.05) is 18.6 Å². The highest BCUT2D eigenvalue weighted by molar-refractivity contribution is 6.09. The topological polar surface area (TPSA) is 98.6 Å². The van der Waals surface area contributed by atoms with Gasteiger partial charge in [-0.2, -0.15) is 0 Å². The van der Waals surface area contributed by atoms with Crippen molar-refractivity contribution in [3.63, 3.8) is 0 Å². The van der Waals surface area contributed by atoms with Crippen LogP contribution in [0.2, 0.25) is 0 Å². The minimum Gasteiger partial charge on any atom is -0.366 e. The maximum Gasteiger partial charge on any atom is 0.238 e. The van der Waals surface area contributed by atoms with Crippen LogP contribution in [0, 0.1) is 5.92 Å². The lowest BCUT2D eigenvalue weighted by molar-refractivity contribution is -0.139. The highest BCUT2D eigenvalue weighted by Gasteiger charge is 2.56. The summed E-state index contributed by atoms with van der Waals surface area (Å²) in [5, 5.41) is 7.10. The minimum atomic E-state index is -0.572. The number of carbonyl (C=O) groups is 2. The molecule has 2 aromatic heterocycles. The Bertz CT molecular complexity index is 1740. The SMILES string of the molecule is CC(C)n1cnc2cc(-c3ccc4c(c3)N(C3CC(N5CCCCC5)C3)C(=O)C43CCN(C(=O)[C@H]4CCCNC4)CC3)nc(NC3CC3)c21. The molecule has 10 heteroatoms. The number of aromatic nitrogens is 3. The van der Waals surface area contributed by atoms with Gasteiger partial charge in [0.05, 0.1) is 28.9 Å². The molecule has 9 rings (SSSR count). The summed E-state index contributed by atoms with van der Waals surface area (Å²) < 4.78 is 2.21. The lowest BCUT2D eigenvalue weighted by atomic mass is 9.73. The van der Waals surface area contributed by atoms with Gasteiger partial charge in [0.25, 0.3) is 0 Å². The van der Waals surface area contributed by atoms with E-state index in [9.17, 15) is 9.59 Å². The van der Waals surface area contributed by atoms with Crippen LogP contribution in [0.25, 0.3) is 22.3 Å². The fourth-order valence-electron chi connectivity index (χ4n) is 9.50. The minimum absolute atomic E-state index is 0.0613. The van der Waals surface area contributed by atoms with Crippen molar-refractivity contribution in [2.75, 3.05) is 49.5 Å². The van der Waals surface area contributed by atoms with Crippen LogP contribution in [0.4, 0.5) is 11.5 Å². The van der Waals surface area contributed by atoms with Crippen LogP contribution >= 0.6 is 0 Å². The van der Waals surface area contributed by atoms with E-state index in [2.05, 4.69) is 63.1 Å². The predicted molar refractivity (Wildman–Crippen MR) is 193 cm³/mol. The highest BCUT2D eigenvalue weighted by atomic mass is 16.2. The van der Waals surface area contributed by atoms with Crippen molar-refractivity contribution in [1.29, 1.82) is 0 Å². The van der Waals surface area contributed by atoms with E-state index in [4.69, 9.17) is 9.97 Å². The van der Waals surface area contributed by atoms with Gasteiger partial charge in [-0.05, 0) is 115 Å². The third-order valence-corrected chi connectivity index (χ3v) is 12.7. The second-order valence-electron chi connectivity index (χ2n) is 16.1. The molecule has 3 saturated heterocycles. The van der Waals surface area contributed by atoms with Gasteiger partial charge in [0.15, 0.2) is 5.82 Å². The third-order valence-electron chi connectivity index (χ3n) is 12.7. The zero-order chi connectivity index (χ0) is 33.3. The third kappa shape index (κ3) is 5.44. The summed E-state index contributed by atoms with van der Waals surface area (Å²) in [7, 11) is 0. The average molecular weight is 665 g/mol. The van der Waals surface area contributed by atoms with Crippen LogP contribution in [0.1, 0.15) is 96.1 Å². The van der Waals surface area contributed by atoms with Crippen molar-refractivity contribution in [2.45, 2.75) is 114 Å². The fraction of sp³-hybridized carbons (Fsp3) is 0.641. The van der Waals surface area contributed by atoms with E-state index in [1.807, 2.05) is 11.2 Å². The highest BCUT2D eigenvalue weighted by Crippen LogP contribution is 2.52. The molecule has 260 valence electrons. The molecule has 5 fully saturated rings. The smallest absolute Gasteiger partial charge is 0.238 e. The van der Waals surface area contributed by atoms with E-state index >= 15 is 0 Å². The quantitative estimate of drug-likeness (QED) is 0.346. The van der Waals surface area contributed by atoms with E-state index in [-0.39, 0.29) is 29.8 Å². The largest absolute Gasteiger partial charge is 0.366 e. The molecule has 49 heavy (non-hydrogen) atoms. The van der Waals surface area contributed by atoms with E-state index in [1.54, 1.807) is 0 Å². The predicted octanol–water partition coefficient (Wildman–Crippen LogP) is 5.48. The first-order valence-corrected chi connectivity index (χ1v) is 19.3. The maximum atomic E-state index is 14.9. The number of carbonyl (C=O) groups excluding carboxylic acids is 2. The summed E-state index contributed by atoms with van der Waals surface area (Å²) in [6, 6.07) is 10.3. The summed E-state index contributed by atoms with van der Waals surface area (Å²) in [6.07, 6.45) is 13.6. The van der Waals surface area contributed by atoms with Crippen LogP contribution < -0.4 is 15.5 Å². The normalized spacial score (nSPS) is 27.2. The Morgan fingerprint density at radius 3 is 2.49 bits per heavy atom. The standard InChI is InChI=1S/C39H52N8O2/c1-25(2)46-24-41-33-22-32(43-36(35(33)46)42-28-9-10-28)26-8-11-31-34(19-26)47(30-20-29(21-30)44-15-4-3-5-16-44)38(49)39(31)12-17-45(18-13-39)37(48)27-7-6-14-40-23-27/h8,11,19,22,24-25,27-30,40H,3-7,9-10,12-18,20-21,23H2,1-2H3,(H,42,43)/t27-,29?,30?/m0/s1. The summed E-state index contributed by atoms with van der Waals surface area (Å²) >= 11 is 0. The summed E-state index contributed by atoms with van der Waals surface area (Å²) in [6.45, 7) is 9.80. The molecule has 1 atom stereocenters. The molecular formula is C39H52N8O2. The molecule has 6 heterocycles. The van der Waals surface area contributed by atoms with Crippen molar-refractivity contribution < 1.29 is 9.59 Å². The number of rotatable bonds is 7. The Balaban J connectivity index is 1.05. The van der Waals surface area contributed by atoms with Gasteiger partial charge in [-0.15, -0.1) is 0 Å². The molecule has 1 spiro atoms. The number of amides is 2. The maximum absolute atomic E-state index is 14.9. The number of piperidine rings is 3. The van der Waals surface area contributed by atoms with E-state index in [0.717, 1.165) is 78.1 Å². The van der Waals surface area contributed by atoms with Crippen LogP contribution in [-0.2, 0) is 15.0 Å². The van der Waals surface area contributed by atoms with E-state index < -0.39 is 5.41 Å². The van der Waals surface area contributed by atoms with Crippen molar-refractivity contribution in [2.24, 2.45) is 5.92 Å². The van der Waals surface area contributed by atoms with Gasteiger partial charge >= 0.3 is 0 Å². The summed E-state index contributed by atoms with van der Waals surface area (Å²) in [5.41, 5.74) is 5.56. The Morgan fingerprint density at radius 2 is 1.78 bits per heavy atom. The molecule has 4 aliphatic heterocycles. The number of nitrogens with one attached hydrogen (secondary N) is 2. The molecule has 0 bridgehead atoms. The number of imidazole rings is 1. The number of nitrogens with zero attached hydrogens (tertiary/aromatic N) is 6. The van der Waals surface area contributed by atoms with Gasteiger partial charge in [-0.3, -0.25) is 9.59 Å². The first-order chi connectivity index (χ1) is 23.9. The molecule has 2 aliphatic carbocycles. The molecule has 3 aromatic rings. The van der Waals surface area contributed by atoms with Crippen molar-refractivity contribution in [1.82, 2.24) is 29.7 Å². The van der Waals surface area contributed by atoms with Gasteiger partial charge in [0, 0.05) is 55.1 Å².